The molecule has 9 nitrogen and oxygen atoms in total. The molecular weight excluding hydrogens is 505 g/mol. The summed E-state index contributed by atoms with van der Waals surface area (Å²) in [7, 11) is 0. The summed E-state index contributed by atoms with van der Waals surface area (Å²) in [5.74, 6) is -4.31. The zero-order valence-corrected chi connectivity index (χ0v) is 21.2. The second-order valence-electron chi connectivity index (χ2n) is 10.2. The second kappa shape index (κ2) is 10.6. The highest BCUT2D eigenvalue weighted by Crippen LogP contribution is 2.35. The number of carbonyl (C=O) groups is 1. The molecule has 12 heteroatoms. The maximum atomic E-state index is 14.3. The maximum absolute atomic E-state index is 14.3. The van der Waals surface area contributed by atoms with Crippen molar-refractivity contribution in [3.63, 3.8) is 0 Å². The summed E-state index contributed by atoms with van der Waals surface area (Å²) in [4.78, 5) is 31.8. The van der Waals surface area contributed by atoms with Gasteiger partial charge < -0.3 is 29.7 Å². The van der Waals surface area contributed by atoms with Crippen molar-refractivity contribution in [3.8, 4) is 0 Å². The molecular formula is C26H29F3N4O5. The lowest BCUT2D eigenvalue weighted by Gasteiger charge is -2.33. The van der Waals surface area contributed by atoms with Crippen LogP contribution in [0.4, 0.5) is 24.7 Å². The lowest BCUT2D eigenvalue weighted by molar-refractivity contribution is 0.0692. The Morgan fingerprint density at radius 3 is 2.34 bits per heavy atom. The first kappa shape index (κ1) is 27.4. The van der Waals surface area contributed by atoms with Crippen molar-refractivity contribution in [1.29, 1.82) is 0 Å². The van der Waals surface area contributed by atoms with E-state index in [1.165, 1.54) is 16.8 Å². The van der Waals surface area contributed by atoms with Crippen LogP contribution in [0.1, 0.15) is 42.7 Å². The number of carboxylic acids is 1. The standard InChI is InChI=1S/C26H29F3N4O5/c1-26(2,3)21(13-34)33-12-17(25(36)37)22(35)15-10-20(24(31-23(15)33)32-4-6-38-7-5-32)30-11-16-18(28)8-14(27)9-19(16)29/h8-10,12,21,30,34H,4-7,11,13H2,1-3H3,(H,36,37)/t21-/m1/s1. The van der Waals surface area contributed by atoms with Crippen molar-refractivity contribution < 1.29 is 32.9 Å². The Labute approximate surface area is 216 Å². The highest BCUT2D eigenvalue weighted by molar-refractivity contribution is 5.93. The third-order valence-corrected chi connectivity index (χ3v) is 6.60. The van der Waals surface area contributed by atoms with Crippen LogP contribution in [-0.2, 0) is 11.3 Å². The molecule has 1 aliphatic rings. The molecule has 3 N–H and O–H groups in total. The molecule has 0 unspecified atom stereocenters. The van der Waals surface area contributed by atoms with E-state index in [4.69, 9.17) is 9.72 Å². The number of aromatic carboxylic acids is 1. The molecule has 1 fully saturated rings. The van der Waals surface area contributed by atoms with Crippen LogP contribution in [0.15, 0.2) is 29.2 Å². The van der Waals surface area contributed by atoms with Crippen LogP contribution in [0, 0.1) is 22.9 Å². The molecule has 1 aliphatic heterocycles. The molecule has 3 heterocycles. The van der Waals surface area contributed by atoms with E-state index in [9.17, 15) is 33.0 Å². The molecule has 0 amide bonds. The van der Waals surface area contributed by atoms with E-state index in [0.717, 1.165) is 0 Å². The molecule has 0 bridgehead atoms. The van der Waals surface area contributed by atoms with Gasteiger partial charge in [-0.2, -0.15) is 0 Å². The van der Waals surface area contributed by atoms with Gasteiger partial charge >= 0.3 is 5.97 Å². The summed E-state index contributed by atoms with van der Waals surface area (Å²) in [5.41, 5.74) is -1.88. The number of halogens is 3. The first-order valence-electron chi connectivity index (χ1n) is 12.1. The number of anilines is 2. The number of aromatic nitrogens is 2. The fourth-order valence-electron chi connectivity index (χ4n) is 4.50. The molecule has 3 aromatic rings. The molecule has 0 aliphatic carbocycles. The van der Waals surface area contributed by atoms with Crippen molar-refractivity contribution in [2.24, 2.45) is 5.41 Å². The zero-order chi connectivity index (χ0) is 27.8. The number of aliphatic hydroxyl groups is 1. The maximum Gasteiger partial charge on any atom is 0.341 e. The van der Waals surface area contributed by atoms with Gasteiger partial charge in [0.25, 0.3) is 0 Å². The first-order chi connectivity index (χ1) is 17.9. The Kier molecular flexibility index (Phi) is 7.65. The van der Waals surface area contributed by atoms with Gasteiger partial charge in [0.15, 0.2) is 5.82 Å². The molecule has 2 aromatic heterocycles. The third kappa shape index (κ3) is 5.32. The molecule has 204 valence electrons. The number of pyridine rings is 2. The summed E-state index contributed by atoms with van der Waals surface area (Å²) in [6.07, 6.45) is 1.19. The molecule has 1 saturated heterocycles. The van der Waals surface area contributed by atoms with E-state index in [-0.39, 0.29) is 23.3 Å². The van der Waals surface area contributed by atoms with E-state index in [0.29, 0.717) is 44.3 Å². The van der Waals surface area contributed by atoms with Crippen LogP contribution < -0.4 is 15.6 Å². The van der Waals surface area contributed by atoms with Crippen molar-refractivity contribution in [2.75, 3.05) is 43.1 Å². The number of nitrogens with one attached hydrogen (secondary N) is 1. The van der Waals surface area contributed by atoms with Crippen LogP contribution >= 0.6 is 0 Å². The molecule has 0 spiro atoms. The Hall–Kier alpha value is -3.64. The van der Waals surface area contributed by atoms with E-state index in [2.05, 4.69) is 5.32 Å². The number of morpholine rings is 1. The molecule has 1 atom stereocenters. The van der Waals surface area contributed by atoms with Gasteiger partial charge in [-0.25, -0.2) is 22.9 Å². The normalized spacial score (nSPS) is 15.1. The van der Waals surface area contributed by atoms with Gasteiger partial charge in [0.1, 0.15) is 28.7 Å². The SMILES string of the molecule is CC(C)(C)[C@@H](CO)n1cc(C(=O)O)c(=O)c2cc(NCc3c(F)cc(F)cc3F)c(N3CCOCC3)nc21. The summed E-state index contributed by atoms with van der Waals surface area (Å²) in [6, 6.07) is 1.91. The van der Waals surface area contributed by atoms with Gasteiger partial charge in [0.2, 0.25) is 5.43 Å². The Morgan fingerprint density at radius 2 is 1.79 bits per heavy atom. The number of fused-ring (bicyclic) bond motifs is 1. The number of carboxylic acid groups (broad SMARTS) is 1. The minimum Gasteiger partial charge on any atom is -0.477 e. The van der Waals surface area contributed by atoms with Crippen molar-refractivity contribution >= 4 is 28.5 Å². The van der Waals surface area contributed by atoms with E-state index >= 15 is 0 Å². The summed E-state index contributed by atoms with van der Waals surface area (Å²) >= 11 is 0. The highest BCUT2D eigenvalue weighted by atomic mass is 19.1. The monoisotopic (exact) mass is 534 g/mol. The van der Waals surface area contributed by atoms with Crippen LogP contribution in [0.2, 0.25) is 0 Å². The highest BCUT2D eigenvalue weighted by Gasteiger charge is 2.30. The summed E-state index contributed by atoms with van der Waals surface area (Å²) in [5, 5.41) is 22.8. The van der Waals surface area contributed by atoms with Crippen LogP contribution in [0.5, 0.6) is 0 Å². The lowest BCUT2D eigenvalue weighted by atomic mass is 9.86. The average Bonchev–Trinajstić information content (AvgIpc) is 2.84. The van der Waals surface area contributed by atoms with Crippen LogP contribution in [0.25, 0.3) is 11.0 Å². The zero-order valence-electron chi connectivity index (χ0n) is 21.2. The van der Waals surface area contributed by atoms with Crippen molar-refractivity contribution in [1.82, 2.24) is 9.55 Å². The summed E-state index contributed by atoms with van der Waals surface area (Å²) in [6.45, 7) is 6.52. The number of ether oxygens (including phenoxy) is 1. The van der Waals surface area contributed by atoms with Crippen molar-refractivity contribution in [3.05, 3.63) is 63.2 Å². The number of aliphatic hydroxyl groups excluding tert-OH is 1. The number of benzene rings is 1. The Morgan fingerprint density at radius 1 is 1.16 bits per heavy atom. The molecule has 0 saturated carbocycles. The number of rotatable bonds is 7. The predicted molar refractivity (Wildman–Crippen MR) is 135 cm³/mol. The summed E-state index contributed by atoms with van der Waals surface area (Å²) < 4.78 is 48.9. The molecule has 0 radical (unpaired) electrons. The van der Waals surface area contributed by atoms with E-state index in [1.54, 1.807) is 0 Å². The minimum atomic E-state index is -1.45. The number of hydrogen-bond acceptors (Lipinski definition) is 7. The topological polar surface area (TPSA) is 117 Å². The minimum absolute atomic E-state index is 0.0489. The second-order valence-corrected chi connectivity index (χ2v) is 10.2. The molecule has 4 rings (SSSR count). The van der Waals surface area contributed by atoms with Gasteiger partial charge in [0, 0.05) is 43.5 Å². The van der Waals surface area contributed by atoms with E-state index < -0.39 is 58.0 Å². The van der Waals surface area contributed by atoms with Crippen molar-refractivity contribution in [2.45, 2.75) is 33.4 Å². The van der Waals surface area contributed by atoms with E-state index in [1.807, 2.05) is 25.7 Å². The molecule has 1 aromatic carbocycles. The quantitative estimate of drug-likeness (QED) is 0.422. The van der Waals surface area contributed by atoms with Gasteiger partial charge in [-0.1, -0.05) is 20.8 Å². The largest absolute Gasteiger partial charge is 0.477 e. The first-order valence-corrected chi connectivity index (χ1v) is 12.1. The predicted octanol–water partition coefficient (Wildman–Crippen LogP) is 3.54. The Balaban J connectivity index is 1.95. The lowest BCUT2D eigenvalue weighted by Crippen LogP contribution is -2.37. The van der Waals surface area contributed by atoms with Gasteiger partial charge in [-0.3, -0.25) is 4.79 Å². The van der Waals surface area contributed by atoms with Gasteiger partial charge in [0.05, 0.1) is 36.9 Å². The fraction of sp³-hybridized carbons (Fsp3) is 0.423. The average molecular weight is 535 g/mol. The fourth-order valence-corrected chi connectivity index (χ4v) is 4.50. The van der Waals surface area contributed by atoms with Gasteiger partial charge in [-0.05, 0) is 11.5 Å². The number of hydrogen-bond donors (Lipinski definition) is 3. The Bertz CT molecular complexity index is 1410. The van der Waals surface area contributed by atoms with Crippen LogP contribution in [0.3, 0.4) is 0 Å². The third-order valence-electron chi connectivity index (χ3n) is 6.60. The number of nitrogens with zero attached hydrogens (tertiary/aromatic N) is 3. The smallest absolute Gasteiger partial charge is 0.341 e. The van der Waals surface area contributed by atoms with Gasteiger partial charge in [-0.15, -0.1) is 0 Å². The van der Waals surface area contributed by atoms with Crippen LogP contribution in [-0.4, -0.2) is 58.6 Å². The molecule has 38 heavy (non-hydrogen) atoms.